The number of rotatable bonds is 5. The first-order valence-corrected chi connectivity index (χ1v) is 8.99. The van der Waals surface area contributed by atoms with E-state index in [-0.39, 0.29) is 5.91 Å². The molecule has 4 rings (SSSR count). The van der Waals surface area contributed by atoms with Crippen LogP contribution in [0, 0.1) is 12.8 Å². The molecular formula is C19H24N4O2. The number of ether oxygens (including phenoxy) is 1. The van der Waals surface area contributed by atoms with E-state index in [0.29, 0.717) is 11.8 Å². The number of hydrogen-bond acceptors (Lipinski definition) is 4. The number of methoxy groups -OCH3 is 1. The van der Waals surface area contributed by atoms with Crippen LogP contribution in [0.2, 0.25) is 0 Å². The Hall–Kier alpha value is -2.37. The van der Waals surface area contributed by atoms with Gasteiger partial charge in [0.2, 0.25) is 0 Å². The maximum Gasteiger partial charge on any atom is 0.254 e. The number of aryl methyl sites for hydroxylation is 1. The van der Waals surface area contributed by atoms with Crippen molar-refractivity contribution < 1.29 is 9.53 Å². The van der Waals surface area contributed by atoms with Gasteiger partial charge in [-0.15, -0.1) is 0 Å². The van der Waals surface area contributed by atoms with Gasteiger partial charge in [0.25, 0.3) is 5.91 Å². The lowest BCUT2D eigenvalue weighted by atomic mass is 10.0. The van der Waals surface area contributed by atoms with Crippen LogP contribution in [-0.4, -0.2) is 46.2 Å². The molecule has 2 fully saturated rings. The standard InChI is InChI=1S/C19H24N4O2/c1-12-9-15(25-2)5-6-16(12)19(24)23-8-7-13(11-23)10-17-20-18(22-21-17)14-3-4-14/h5-6,9,13-14H,3-4,7-8,10-11H2,1-2H3,(H,20,21,22). The second-order valence-electron chi connectivity index (χ2n) is 7.21. The Morgan fingerprint density at radius 1 is 1.36 bits per heavy atom. The Balaban J connectivity index is 1.38. The van der Waals surface area contributed by atoms with E-state index < -0.39 is 0 Å². The molecule has 1 aliphatic carbocycles. The van der Waals surface area contributed by atoms with Crippen LogP contribution in [0.25, 0.3) is 0 Å². The number of aromatic amines is 1. The van der Waals surface area contributed by atoms with Crippen LogP contribution in [0.1, 0.15) is 52.8 Å². The molecule has 6 nitrogen and oxygen atoms in total. The van der Waals surface area contributed by atoms with Crippen LogP contribution < -0.4 is 4.74 Å². The van der Waals surface area contributed by atoms with Crippen molar-refractivity contribution in [2.45, 2.75) is 38.5 Å². The van der Waals surface area contributed by atoms with Gasteiger partial charge in [-0.3, -0.25) is 9.89 Å². The van der Waals surface area contributed by atoms with Gasteiger partial charge in [-0.1, -0.05) is 0 Å². The number of nitrogens with zero attached hydrogens (tertiary/aromatic N) is 3. The van der Waals surface area contributed by atoms with E-state index in [1.165, 1.54) is 12.8 Å². The third-order valence-corrected chi connectivity index (χ3v) is 5.21. The van der Waals surface area contributed by atoms with Crippen LogP contribution in [0.4, 0.5) is 0 Å². The first kappa shape index (κ1) is 16.1. The van der Waals surface area contributed by atoms with Gasteiger partial charge >= 0.3 is 0 Å². The number of carbonyl (C=O) groups is 1. The molecule has 1 aliphatic heterocycles. The van der Waals surface area contributed by atoms with Gasteiger partial charge in [0, 0.05) is 31.0 Å². The van der Waals surface area contributed by atoms with Gasteiger partial charge in [-0.05, 0) is 55.9 Å². The van der Waals surface area contributed by atoms with Crippen molar-refractivity contribution in [3.8, 4) is 5.75 Å². The van der Waals surface area contributed by atoms with Gasteiger partial charge in [-0.25, -0.2) is 4.98 Å². The number of carbonyl (C=O) groups excluding carboxylic acids is 1. The quantitative estimate of drug-likeness (QED) is 0.908. The summed E-state index contributed by atoms with van der Waals surface area (Å²) in [5.41, 5.74) is 1.72. The van der Waals surface area contributed by atoms with Crippen molar-refractivity contribution in [1.82, 2.24) is 20.1 Å². The predicted octanol–water partition coefficient (Wildman–Crippen LogP) is 2.70. The molecule has 1 atom stereocenters. The summed E-state index contributed by atoms with van der Waals surface area (Å²) in [6.45, 7) is 3.54. The zero-order valence-corrected chi connectivity index (χ0v) is 14.8. The molecule has 2 aromatic rings. The number of likely N-dealkylation sites (tertiary alicyclic amines) is 1. The second-order valence-corrected chi connectivity index (χ2v) is 7.21. The molecular weight excluding hydrogens is 316 g/mol. The van der Waals surface area contributed by atoms with Crippen LogP contribution in [0.5, 0.6) is 5.75 Å². The van der Waals surface area contributed by atoms with Crippen LogP contribution in [0.3, 0.4) is 0 Å². The van der Waals surface area contributed by atoms with Gasteiger partial charge < -0.3 is 9.64 Å². The summed E-state index contributed by atoms with van der Waals surface area (Å²) in [6, 6.07) is 5.62. The van der Waals surface area contributed by atoms with Crippen molar-refractivity contribution >= 4 is 5.91 Å². The highest BCUT2D eigenvalue weighted by Crippen LogP contribution is 2.38. The number of aromatic nitrogens is 3. The SMILES string of the molecule is COc1ccc(C(=O)N2CCC(Cc3nc(C4CC4)n[nH]3)C2)c(C)c1. The van der Waals surface area contributed by atoms with E-state index in [2.05, 4.69) is 15.2 Å². The molecule has 1 saturated heterocycles. The molecule has 0 spiro atoms. The van der Waals surface area contributed by atoms with Crippen molar-refractivity contribution in [2.24, 2.45) is 5.92 Å². The Labute approximate surface area is 147 Å². The van der Waals surface area contributed by atoms with Crippen LogP contribution >= 0.6 is 0 Å². The number of hydrogen-bond donors (Lipinski definition) is 1. The molecule has 132 valence electrons. The molecule has 1 aromatic heterocycles. The third-order valence-electron chi connectivity index (χ3n) is 5.21. The van der Waals surface area contributed by atoms with Gasteiger partial charge in [0.1, 0.15) is 11.6 Å². The summed E-state index contributed by atoms with van der Waals surface area (Å²) >= 11 is 0. The summed E-state index contributed by atoms with van der Waals surface area (Å²) in [6.07, 6.45) is 4.31. The number of amides is 1. The molecule has 6 heteroatoms. The minimum Gasteiger partial charge on any atom is -0.497 e. The smallest absolute Gasteiger partial charge is 0.254 e. The van der Waals surface area contributed by atoms with E-state index in [1.54, 1.807) is 7.11 Å². The highest BCUT2D eigenvalue weighted by Gasteiger charge is 2.30. The summed E-state index contributed by atoms with van der Waals surface area (Å²) in [5.74, 6) is 3.84. The average Bonchev–Trinajstić information content (AvgIpc) is 3.18. The Kier molecular flexibility index (Phi) is 4.19. The molecule has 25 heavy (non-hydrogen) atoms. The Bertz CT molecular complexity index is 781. The van der Waals surface area contributed by atoms with Crippen molar-refractivity contribution in [2.75, 3.05) is 20.2 Å². The summed E-state index contributed by atoms with van der Waals surface area (Å²) in [4.78, 5) is 19.4. The fourth-order valence-corrected chi connectivity index (χ4v) is 3.56. The van der Waals surface area contributed by atoms with Crippen molar-refractivity contribution in [1.29, 1.82) is 0 Å². The Morgan fingerprint density at radius 2 is 2.20 bits per heavy atom. The lowest BCUT2D eigenvalue weighted by molar-refractivity contribution is 0.0786. The summed E-state index contributed by atoms with van der Waals surface area (Å²) in [5, 5.41) is 7.39. The first-order chi connectivity index (χ1) is 12.1. The molecule has 1 N–H and O–H groups in total. The van der Waals surface area contributed by atoms with Crippen molar-refractivity contribution in [3.63, 3.8) is 0 Å². The third kappa shape index (κ3) is 3.38. The van der Waals surface area contributed by atoms with E-state index in [1.807, 2.05) is 30.0 Å². The first-order valence-electron chi connectivity index (χ1n) is 8.99. The predicted molar refractivity (Wildman–Crippen MR) is 93.8 cm³/mol. The molecule has 1 saturated carbocycles. The zero-order chi connectivity index (χ0) is 17.4. The lowest BCUT2D eigenvalue weighted by Gasteiger charge is -2.18. The van der Waals surface area contributed by atoms with E-state index in [9.17, 15) is 4.79 Å². The van der Waals surface area contributed by atoms with E-state index in [0.717, 1.165) is 54.5 Å². The summed E-state index contributed by atoms with van der Waals surface area (Å²) in [7, 11) is 1.64. The molecule has 0 radical (unpaired) electrons. The molecule has 2 heterocycles. The highest BCUT2D eigenvalue weighted by atomic mass is 16.5. The second kappa shape index (κ2) is 6.50. The van der Waals surface area contributed by atoms with Crippen LogP contribution in [0.15, 0.2) is 18.2 Å². The fraction of sp³-hybridized carbons (Fsp3) is 0.526. The molecule has 2 aliphatic rings. The highest BCUT2D eigenvalue weighted by molar-refractivity contribution is 5.96. The monoisotopic (exact) mass is 340 g/mol. The van der Waals surface area contributed by atoms with Gasteiger partial charge in [0.15, 0.2) is 5.82 Å². The number of benzene rings is 1. The van der Waals surface area contributed by atoms with E-state index in [4.69, 9.17) is 4.74 Å². The number of H-pyrrole nitrogens is 1. The molecule has 1 amide bonds. The number of nitrogens with one attached hydrogen (secondary N) is 1. The largest absolute Gasteiger partial charge is 0.497 e. The zero-order valence-electron chi connectivity index (χ0n) is 14.8. The topological polar surface area (TPSA) is 71.1 Å². The van der Waals surface area contributed by atoms with Gasteiger partial charge in [-0.2, -0.15) is 5.10 Å². The summed E-state index contributed by atoms with van der Waals surface area (Å²) < 4.78 is 5.22. The lowest BCUT2D eigenvalue weighted by Crippen LogP contribution is -2.29. The average molecular weight is 340 g/mol. The minimum atomic E-state index is 0.110. The van der Waals surface area contributed by atoms with E-state index >= 15 is 0 Å². The maximum absolute atomic E-state index is 12.8. The van der Waals surface area contributed by atoms with Gasteiger partial charge in [0.05, 0.1) is 7.11 Å². The van der Waals surface area contributed by atoms with Crippen LogP contribution in [-0.2, 0) is 6.42 Å². The maximum atomic E-state index is 12.8. The Morgan fingerprint density at radius 3 is 2.92 bits per heavy atom. The fourth-order valence-electron chi connectivity index (χ4n) is 3.56. The minimum absolute atomic E-state index is 0.110. The molecule has 1 unspecified atom stereocenters. The normalized spacial score (nSPS) is 20.1. The van der Waals surface area contributed by atoms with Crippen molar-refractivity contribution in [3.05, 3.63) is 41.0 Å². The molecule has 1 aromatic carbocycles. The molecule has 0 bridgehead atoms.